The summed E-state index contributed by atoms with van der Waals surface area (Å²) in [5.41, 5.74) is 2.25. The third-order valence-corrected chi connectivity index (χ3v) is 6.15. The van der Waals surface area contributed by atoms with E-state index in [1.165, 1.54) is 24.3 Å². The van der Waals surface area contributed by atoms with Crippen LogP contribution in [0.2, 0.25) is 15.1 Å². The Morgan fingerprint density at radius 3 is 2.34 bits per heavy atom. The van der Waals surface area contributed by atoms with Crippen LogP contribution in [0.4, 0.5) is 4.39 Å². The lowest BCUT2D eigenvalue weighted by Gasteiger charge is -2.17. The normalized spacial score (nSPS) is 11.7. The molecule has 4 aromatic rings. The van der Waals surface area contributed by atoms with E-state index in [1.54, 1.807) is 16.7 Å². The van der Waals surface area contributed by atoms with E-state index in [0.717, 1.165) is 11.1 Å². The molecule has 35 heavy (non-hydrogen) atoms. The summed E-state index contributed by atoms with van der Waals surface area (Å²) in [5, 5.41) is 1.75. The van der Waals surface area contributed by atoms with E-state index in [2.05, 4.69) is 0 Å². The molecule has 1 unspecified atom stereocenters. The van der Waals surface area contributed by atoms with Crippen molar-refractivity contribution in [1.82, 2.24) is 4.57 Å². The number of ether oxygens (including phenoxy) is 1. The Kier molecular flexibility index (Phi) is 9.72. The van der Waals surface area contributed by atoms with Gasteiger partial charge in [0.25, 0.3) is 0 Å². The number of aromatic nitrogens is 2. The van der Waals surface area contributed by atoms with E-state index in [0.29, 0.717) is 33.8 Å². The maximum Gasteiger partial charge on any atom is 0.244 e. The SMILES string of the molecule is O=C(C[n+]1ccn(CC(OCc2ccc(Cl)cc2Cl)c2ccc(Cl)cc2)c1)c1ccc(F)cc1.[Cl-]. The van der Waals surface area contributed by atoms with Crippen LogP contribution in [0, 0.1) is 5.82 Å². The lowest BCUT2D eigenvalue weighted by atomic mass is 10.1. The van der Waals surface area contributed by atoms with Gasteiger partial charge in [-0.15, -0.1) is 0 Å². The molecule has 0 spiro atoms. The number of Topliss-reactive ketones (excluding diaryl/α,β-unsaturated/α-hetero) is 1. The van der Waals surface area contributed by atoms with E-state index in [1.807, 2.05) is 53.6 Å². The molecule has 4 nitrogen and oxygen atoms in total. The Labute approximate surface area is 224 Å². The molecule has 0 aliphatic carbocycles. The molecule has 0 fully saturated rings. The quantitative estimate of drug-likeness (QED) is 0.234. The Hall–Kier alpha value is -2.41. The van der Waals surface area contributed by atoms with Crippen molar-refractivity contribution in [1.29, 1.82) is 0 Å². The third-order valence-electron chi connectivity index (χ3n) is 5.31. The highest BCUT2D eigenvalue weighted by Crippen LogP contribution is 2.26. The van der Waals surface area contributed by atoms with Crippen molar-refractivity contribution < 1.29 is 30.9 Å². The standard InChI is InChI=1S/C26H21Cl3FN2O2.ClH/c27-21-6-1-19(2-7-21)26(34-16-20-3-8-22(28)13-24(20)29)15-32-12-11-31(17-32)14-25(33)18-4-9-23(30)10-5-18;/h1-13,17,26H,14-16H2;1H/q+1;/p-1. The van der Waals surface area contributed by atoms with Gasteiger partial charge in [-0.3, -0.25) is 4.79 Å². The second-order valence-electron chi connectivity index (χ2n) is 7.80. The molecule has 0 saturated carbocycles. The summed E-state index contributed by atoms with van der Waals surface area (Å²) >= 11 is 18.4. The fourth-order valence-corrected chi connectivity index (χ4v) is 4.07. The van der Waals surface area contributed by atoms with Gasteiger partial charge in [0.1, 0.15) is 30.9 Å². The Bertz CT molecular complexity index is 1280. The fraction of sp³-hybridized carbons (Fsp3) is 0.154. The minimum Gasteiger partial charge on any atom is -1.00 e. The van der Waals surface area contributed by atoms with E-state index < -0.39 is 0 Å². The summed E-state index contributed by atoms with van der Waals surface area (Å²) in [4.78, 5) is 12.5. The number of benzene rings is 3. The molecular formula is C26H21Cl4FN2O2. The molecule has 1 atom stereocenters. The van der Waals surface area contributed by atoms with Gasteiger partial charge in [0, 0.05) is 20.6 Å². The molecule has 0 N–H and O–H groups in total. The van der Waals surface area contributed by atoms with Crippen molar-refractivity contribution in [2.45, 2.75) is 25.8 Å². The highest BCUT2D eigenvalue weighted by atomic mass is 35.5. The van der Waals surface area contributed by atoms with Crippen LogP contribution in [0.25, 0.3) is 0 Å². The number of imidazole rings is 1. The molecule has 3 aromatic carbocycles. The second kappa shape index (κ2) is 12.5. The minimum absolute atomic E-state index is 0. The van der Waals surface area contributed by atoms with Gasteiger partial charge in [-0.1, -0.05) is 53.0 Å². The first kappa shape index (κ1) is 27.2. The van der Waals surface area contributed by atoms with E-state index in [9.17, 15) is 9.18 Å². The van der Waals surface area contributed by atoms with Gasteiger partial charge in [0.05, 0.1) is 6.61 Å². The number of ketones is 1. The summed E-state index contributed by atoms with van der Waals surface area (Å²) < 4.78 is 23.1. The Morgan fingerprint density at radius 2 is 1.66 bits per heavy atom. The van der Waals surface area contributed by atoms with Gasteiger partial charge >= 0.3 is 0 Å². The van der Waals surface area contributed by atoms with Crippen molar-refractivity contribution in [2.75, 3.05) is 0 Å². The van der Waals surface area contributed by atoms with Crippen LogP contribution in [0.1, 0.15) is 27.6 Å². The average molecular weight is 554 g/mol. The zero-order valence-corrected chi connectivity index (χ0v) is 21.4. The summed E-state index contributed by atoms with van der Waals surface area (Å²) in [7, 11) is 0. The first-order valence-corrected chi connectivity index (χ1v) is 11.7. The molecule has 0 aliphatic rings. The summed E-state index contributed by atoms with van der Waals surface area (Å²) in [6.45, 7) is 0.948. The highest BCUT2D eigenvalue weighted by molar-refractivity contribution is 6.35. The molecular weight excluding hydrogens is 533 g/mol. The van der Waals surface area contributed by atoms with Gasteiger partial charge in [-0.25, -0.2) is 13.5 Å². The predicted octanol–water partition coefficient (Wildman–Crippen LogP) is 3.72. The molecule has 0 amide bonds. The molecule has 182 valence electrons. The lowest BCUT2D eigenvalue weighted by molar-refractivity contribution is -0.682. The largest absolute Gasteiger partial charge is 1.00 e. The van der Waals surface area contributed by atoms with Crippen LogP contribution in [0.3, 0.4) is 0 Å². The molecule has 0 aliphatic heterocycles. The number of rotatable bonds is 9. The number of halogens is 5. The molecule has 0 bridgehead atoms. The van der Waals surface area contributed by atoms with E-state index in [-0.39, 0.29) is 36.7 Å². The fourth-order valence-electron chi connectivity index (χ4n) is 3.49. The molecule has 4 rings (SSSR count). The van der Waals surface area contributed by atoms with E-state index in [4.69, 9.17) is 39.5 Å². The Morgan fingerprint density at radius 1 is 0.971 bits per heavy atom. The third kappa shape index (κ3) is 7.53. The van der Waals surface area contributed by atoms with Gasteiger partial charge < -0.3 is 17.1 Å². The van der Waals surface area contributed by atoms with Crippen LogP contribution >= 0.6 is 34.8 Å². The maximum absolute atomic E-state index is 13.1. The molecule has 9 heteroatoms. The van der Waals surface area contributed by atoms with Crippen molar-refractivity contribution in [3.8, 4) is 0 Å². The lowest BCUT2D eigenvalue weighted by Crippen LogP contribution is -3.00. The van der Waals surface area contributed by atoms with Crippen molar-refractivity contribution in [3.05, 3.63) is 123 Å². The number of carbonyl (C=O) groups is 1. The molecule has 0 radical (unpaired) electrons. The second-order valence-corrected chi connectivity index (χ2v) is 9.08. The van der Waals surface area contributed by atoms with Crippen molar-refractivity contribution in [2.24, 2.45) is 0 Å². The van der Waals surface area contributed by atoms with Crippen LogP contribution < -0.4 is 17.0 Å². The first-order chi connectivity index (χ1) is 16.4. The molecule has 0 saturated heterocycles. The van der Waals surface area contributed by atoms with Crippen molar-refractivity contribution >= 4 is 40.6 Å². The van der Waals surface area contributed by atoms with Crippen LogP contribution in [0.15, 0.2) is 85.5 Å². The van der Waals surface area contributed by atoms with Crippen LogP contribution in [0.5, 0.6) is 0 Å². The van der Waals surface area contributed by atoms with Gasteiger partial charge in [-0.05, 0) is 59.7 Å². The highest BCUT2D eigenvalue weighted by Gasteiger charge is 2.19. The number of nitrogens with zero attached hydrogens (tertiary/aromatic N) is 2. The molecule has 1 heterocycles. The monoisotopic (exact) mass is 552 g/mol. The summed E-state index contributed by atoms with van der Waals surface area (Å²) in [6.07, 6.45) is 5.23. The average Bonchev–Trinajstić information content (AvgIpc) is 3.25. The zero-order valence-electron chi connectivity index (χ0n) is 18.4. The number of hydrogen-bond donors (Lipinski definition) is 0. The predicted molar refractivity (Wildman–Crippen MR) is 131 cm³/mol. The Balaban J connectivity index is 0.00000342. The summed E-state index contributed by atoms with van der Waals surface area (Å²) in [5.74, 6) is -0.478. The van der Waals surface area contributed by atoms with Crippen molar-refractivity contribution in [3.63, 3.8) is 0 Å². The maximum atomic E-state index is 13.1. The van der Waals surface area contributed by atoms with Crippen LogP contribution in [-0.4, -0.2) is 10.4 Å². The first-order valence-electron chi connectivity index (χ1n) is 10.5. The van der Waals surface area contributed by atoms with E-state index >= 15 is 0 Å². The van der Waals surface area contributed by atoms with Crippen LogP contribution in [-0.2, 0) is 24.4 Å². The smallest absolute Gasteiger partial charge is 0.244 e. The number of carbonyl (C=O) groups excluding carboxylic acids is 1. The molecule has 1 aromatic heterocycles. The van der Waals surface area contributed by atoms with Gasteiger partial charge in [-0.2, -0.15) is 0 Å². The zero-order chi connectivity index (χ0) is 24.1. The summed E-state index contributed by atoms with van der Waals surface area (Å²) in [6, 6.07) is 18.3. The number of hydrogen-bond acceptors (Lipinski definition) is 2. The van der Waals surface area contributed by atoms with Gasteiger partial charge in [0.15, 0.2) is 6.54 Å². The topological polar surface area (TPSA) is 35.1 Å². The van der Waals surface area contributed by atoms with Gasteiger partial charge in [0.2, 0.25) is 12.1 Å². The minimum atomic E-state index is -0.372.